The third-order valence-corrected chi connectivity index (χ3v) is 8.09. The molecule has 7 nitrogen and oxygen atoms in total. The summed E-state index contributed by atoms with van der Waals surface area (Å²) < 4.78 is 27.9. The van der Waals surface area contributed by atoms with E-state index in [-0.39, 0.29) is 23.0 Å². The average Bonchev–Trinajstić information content (AvgIpc) is 3.43. The quantitative estimate of drug-likeness (QED) is 0.344. The van der Waals surface area contributed by atoms with E-state index in [1.165, 1.54) is 40.5 Å². The minimum Gasteiger partial charge on any atom is -0.286 e. The lowest BCUT2D eigenvalue weighted by Crippen LogP contribution is -2.35. The molecule has 166 valence electrons. The number of thiazole rings is 1. The lowest BCUT2D eigenvalue weighted by atomic mass is 10.3. The van der Waals surface area contributed by atoms with Crippen molar-refractivity contribution in [2.45, 2.75) is 17.9 Å². The van der Waals surface area contributed by atoms with Gasteiger partial charge in [-0.15, -0.1) is 0 Å². The van der Waals surface area contributed by atoms with Crippen molar-refractivity contribution in [3.05, 3.63) is 71.0 Å². The van der Waals surface area contributed by atoms with Crippen LogP contribution >= 0.6 is 34.5 Å². The standard InChI is InChI=1S/C21H18Cl2N4O3S2/c22-15-5-7-16(8-6-15)32(29,30)14-9-19(28)27(13-12-26-11-2-10-24-26)21-25-20-17(23)3-1-4-18(20)31-21/h1-8,10-11H,9,12-14H2. The van der Waals surface area contributed by atoms with E-state index in [2.05, 4.69) is 10.1 Å². The Kier molecular flexibility index (Phi) is 6.80. The first-order valence-corrected chi connectivity index (χ1v) is 12.9. The minimum atomic E-state index is -3.64. The number of carbonyl (C=O) groups is 1. The van der Waals surface area contributed by atoms with Gasteiger partial charge in [0.2, 0.25) is 5.91 Å². The van der Waals surface area contributed by atoms with E-state index in [0.29, 0.717) is 33.8 Å². The molecule has 0 atom stereocenters. The van der Waals surface area contributed by atoms with Crippen LogP contribution in [0, 0.1) is 0 Å². The maximum atomic E-state index is 13.1. The van der Waals surface area contributed by atoms with Crippen LogP contribution < -0.4 is 4.90 Å². The molecule has 1 amide bonds. The smallest absolute Gasteiger partial charge is 0.229 e. The minimum absolute atomic E-state index is 0.129. The van der Waals surface area contributed by atoms with E-state index in [1.807, 2.05) is 12.1 Å². The molecule has 4 rings (SSSR count). The number of anilines is 1. The summed E-state index contributed by atoms with van der Waals surface area (Å²) in [4.78, 5) is 19.3. The molecule has 0 saturated carbocycles. The van der Waals surface area contributed by atoms with Gasteiger partial charge in [0, 0.05) is 30.4 Å². The molecule has 0 radical (unpaired) electrons. The number of sulfone groups is 1. The Morgan fingerprint density at radius 1 is 1.09 bits per heavy atom. The normalized spacial score (nSPS) is 11.7. The summed E-state index contributed by atoms with van der Waals surface area (Å²) in [5.74, 6) is -0.665. The molecule has 0 saturated heterocycles. The molecule has 0 bridgehead atoms. The van der Waals surface area contributed by atoms with Crippen molar-refractivity contribution in [2.75, 3.05) is 17.2 Å². The number of carbonyl (C=O) groups excluding carboxylic acids is 1. The van der Waals surface area contributed by atoms with Gasteiger partial charge in [0.15, 0.2) is 15.0 Å². The van der Waals surface area contributed by atoms with E-state index in [4.69, 9.17) is 23.2 Å². The van der Waals surface area contributed by atoms with Crippen LogP contribution in [0.5, 0.6) is 0 Å². The van der Waals surface area contributed by atoms with Gasteiger partial charge in [0.05, 0.1) is 26.9 Å². The number of nitrogens with zero attached hydrogens (tertiary/aromatic N) is 4. The monoisotopic (exact) mass is 508 g/mol. The molecule has 0 spiro atoms. The first kappa shape index (κ1) is 22.7. The Morgan fingerprint density at radius 3 is 2.56 bits per heavy atom. The largest absolute Gasteiger partial charge is 0.286 e. The van der Waals surface area contributed by atoms with Crippen LogP contribution in [0.4, 0.5) is 5.13 Å². The Bertz CT molecular complexity index is 1340. The van der Waals surface area contributed by atoms with Gasteiger partial charge >= 0.3 is 0 Å². The molecule has 4 aromatic rings. The number of halogens is 2. The van der Waals surface area contributed by atoms with Crippen LogP contribution in [0.15, 0.2) is 65.8 Å². The summed E-state index contributed by atoms with van der Waals surface area (Å²) in [7, 11) is -3.64. The molecule has 32 heavy (non-hydrogen) atoms. The molecular weight excluding hydrogens is 491 g/mol. The van der Waals surface area contributed by atoms with Crippen molar-refractivity contribution in [3.63, 3.8) is 0 Å². The molecule has 2 aromatic heterocycles. The van der Waals surface area contributed by atoms with Gasteiger partial charge in [-0.05, 0) is 42.5 Å². The van der Waals surface area contributed by atoms with Gasteiger partial charge in [0.25, 0.3) is 0 Å². The van der Waals surface area contributed by atoms with E-state index < -0.39 is 9.84 Å². The van der Waals surface area contributed by atoms with Crippen LogP contribution in [-0.2, 0) is 21.2 Å². The summed E-state index contributed by atoms with van der Waals surface area (Å²) in [5, 5.41) is 5.57. The van der Waals surface area contributed by atoms with Crippen molar-refractivity contribution in [2.24, 2.45) is 0 Å². The Balaban J connectivity index is 1.56. The second-order valence-corrected chi connectivity index (χ2v) is 10.9. The molecule has 0 aliphatic carbocycles. The number of amides is 1. The summed E-state index contributed by atoms with van der Waals surface area (Å²) in [6, 6.07) is 13.1. The van der Waals surface area contributed by atoms with Crippen LogP contribution in [0.2, 0.25) is 10.0 Å². The molecule has 0 aliphatic rings. The molecule has 0 N–H and O–H groups in total. The van der Waals surface area contributed by atoms with Gasteiger partial charge < -0.3 is 0 Å². The van der Waals surface area contributed by atoms with Gasteiger partial charge in [-0.1, -0.05) is 40.6 Å². The van der Waals surface area contributed by atoms with Gasteiger partial charge in [-0.3, -0.25) is 14.4 Å². The highest BCUT2D eigenvalue weighted by Crippen LogP contribution is 2.33. The van der Waals surface area contributed by atoms with Crippen molar-refractivity contribution >= 4 is 65.6 Å². The predicted octanol–water partition coefficient (Wildman–Crippen LogP) is 4.70. The summed E-state index contributed by atoms with van der Waals surface area (Å²) in [5.41, 5.74) is 0.611. The van der Waals surface area contributed by atoms with Gasteiger partial charge in [-0.2, -0.15) is 5.10 Å². The third kappa shape index (κ3) is 5.12. The molecule has 0 fully saturated rings. The molecule has 2 aromatic carbocycles. The van der Waals surface area contributed by atoms with Crippen LogP contribution in [0.25, 0.3) is 10.2 Å². The maximum Gasteiger partial charge on any atom is 0.229 e. The zero-order chi connectivity index (χ0) is 22.7. The topological polar surface area (TPSA) is 85.2 Å². The maximum absolute atomic E-state index is 13.1. The fraction of sp³-hybridized carbons (Fsp3) is 0.190. The number of fused-ring (bicyclic) bond motifs is 1. The van der Waals surface area contributed by atoms with Crippen molar-refractivity contribution < 1.29 is 13.2 Å². The highest BCUT2D eigenvalue weighted by atomic mass is 35.5. The highest BCUT2D eigenvalue weighted by Gasteiger charge is 2.23. The number of aromatic nitrogens is 3. The number of benzene rings is 2. The summed E-state index contributed by atoms with van der Waals surface area (Å²) >= 11 is 13.4. The Morgan fingerprint density at radius 2 is 1.88 bits per heavy atom. The van der Waals surface area contributed by atoms with Gasteiger partial charge in [0.1, 0.15) is 5.52 Å². The SMILES string of the molecule is O=C(CCS(=O)(=O)c1ccc(Cl)cc1)N(CCn1cccn1)c1nc2c(Cl)cccc2s1. The third-order valence-electron chi connectivity index (χ3n) is 4.76. The lowest BCUT2D eigenvalue weighted by Gasteiger charge is -2.20. The van der Waals surface area contributed by atoms with Crippen LogP contribution in [0.1, 0.15) is 6.42 Å². The van der Waals surface area contributed by atoms with Crippen LogP contribution in [0.3, 0.4) is 0 Å². The lowest BCUT2D eigenvalue weighted by molar-refractivity contribution is -0.118. The molecule has 2 heterocycles. The Hall–Kier alpha value is -2.46. The van der Waals surface area contributed by atoms with E-state index in [9.17, 15) is 13.2 Å². The first-order chi connectivity index (χ1) is 15.3. The fourth-order valence-corrected chi connectivity index (χ4v) is 5.76. The van der Waals surface area contributed by atoms with Crippen molar-refractivity contribution in [1.29, 1.82) is 0 Å². The molecule has 0 aliphatic heterocycles. The molecular formula is C21H18Cl2N4O3S2. The highest BCUT2D eigenvalue weighted by molar-refractivity contribution is 7.91. The van der Waals surface area contributed by atoms with E-state index in [1.54, 1.807) is 29.2 Å². The van der Waals surface area contributed by atoms with Crippen LogP contribution in [-0.4, -0.2) is 41.4 Å². The zero-order valence-corrected chi connectivity index (χ0v) is 19.8. The number of hydrogen-bond donors (Lipinski definition) is 0. The number of rotatable bonds is 8. The zero-order valence-electron chi connectivity index (χ0n) is 16.7. The van der Waals surface area contributed by atoms with Gasteiger partial charge in [-0.25, -0.2) is 13.4 Å². The van der Waals surface area contributed by atoms with Crippen molar-refractivity contribution in [3.8, 4) is 0 Å². The fourth-order valence-electron chi connectivity index (χ4n) is 3.10. The van der Waals surface area contributed by atoms with E-state index >= 15 is 0 Å². The Labute approximate surface area is 199 Å². The molecule has 11 heteroatoms. The summed E-state index contributed by atoms with van der Waals surface area (Å²) in [6.45, 7) is 0.727. The van der Waals surface area contributed by atoms with Crippen molar-refractivity contribution in [1.82, 2.24) is 14.8 Å². The number of hydrogen-bond acceptors (Lipinski definition) is 6. The second-order valence-electron chi connectivity index (χ2n) is 6.92. The van der Waals surface area contributed by atoms with E-state index in [0.717, 1.165) is 4.70 Å². The molecule has 0 unspecified atom stereocenters. The number of para-hydroxylation sites is 1. The predicted molar refractivity (Wildman–Crippen MR) is 127 cm³/mol. The summed E-state index contributed by atoms with van der Waals surface area (Å²) in [6.07, 6.45) is 3.26. The second kappa shape index (κ2) is 9.58. The average molecular weight is 509 g/mol. The first-order valence-electron chi connectivity index (χ1n) is 9.65.